The molecule has 14 heteroatoms. The zero-order chi connectivity index (χ0) is 22.7. The van der Waals surface area contributed by atoms with Crippen LogP contribution in [0.25, 0.3) is 0 Å². The van der Waals surface area contributed by atoms with Crippen molar-refractivity contribution in [1.29, 1.82) is 0 Å². The van der Waals surface area contributed by atoms with E-state index in [2.05, 4.69) is 21.1 Å². The van der Waals surface area contributed by atoms with Gasteiger partial charge in [0.1, 0.15) is 13.2 Å². The zero-order valence-electron chi connectivity index (χ0n) is 17.1. The highest BCUT2D eigenvalue weighted by Gasteiger charge is 2.16. The number of nitrogens with one attached hydrogen (secondary N) is 3. The largest absolute Gasteiger partial charge is 0.378 e. The summed E-state index contributed by atoms with van der Waals surface area (Å²) < 4.78 is 45.9. The predicted molar refractivity (Wildman–Crippen MR) is 108 cm³/mol. The van der Waals surface area contributed by atoms with Crippen molar-refractivity contribution in [3.63, 3.8) is 0 Å². The molecule has 0 fully saturated rings. The Labute approximate surface area is 176 Å². The first kappa shape index (κ1) is 28.3. The van der Waals surface area contributed by atoms with Crippen LogP contribution >= 0.6 is 0 Å². The molecule has 0 saturated heterocycles. The third kappa shape index (κ3) is 19.6. The monoisotopic (exact) mass is 456 g/mol. The van der Waals surface area contributed by atoms with Crippen LogP contribution in [-0.4, -0.2) is 103 Å². The number of amides is 2. The van der Waals surface area contributed by atoms with Gasteiger partial charge in [-0.2, -0.15) is 13.3 Å². The van der Waals surface area contributed by atoms with Gasteiger partial charge in [0.15, 0.2) is 0 Å². The number of hydrogen-bond acceptors (Lipinski definition) is 10. The fourth-order valence-electron chi connectivity index (χ4n) is 2.12. The lowest BCUT2D eigenvalue weighted by Gasteiger charge is -2.14. The Bertz CT molecular complexity index is 589. The lowest BCUT2D eigenvalue weighted by atomic mass is 10.2. The van der Waals surface area contributed by atoms with Gasteiger partial charge in [0.2, 0.25) is 11.8 Å². The zero-order valence-corrected chi connectivity index (χ0v) is 17.9. The number of nitroso groups, excluding NO2 is 1. The normalized spacial score (nSPS) is 12.3. The van der Waals surface area contributed by atoms with E-state index in [4.69, 9.17) is 18.8 Å². The summed E-state index contributed by atoms with van der Waals surface area (Å²) in [5.74, 6) is -1.01. The third-order valence-electron chi connectivity index (χ3n) is 3.61. The Hall–Kier alpha value is -1.71. The molecular formula is C16H32N4O9S. The second-order valence-corrected chi connectivity index (χ2v) is 7.60. The fraction of sp³-hybridized carbons (Fsp3) is 0.875. The molecule has 2 amide bonds. The highest BCUT2D eigenvalue weighted by molar-refractivity contribution is 7.85. The lowest BCUT2D eigenvalue weighted by molar-refractivity contribution is -0.126. The summed E-state index contributed by atoms with van der Waals surface area (Å²) in [6, 6.07) is -0.511. The number of hydrogen-bond donors (Lipinski definition) is 4. The molecule has 0 aromatic carbocycles. The van der Waals surface area contributed by atoms with Crippen molar-refractivity contribution in [3.05, 3.63) is 4.91 Å². The van der Waals surface area contributed by atoms with Gasteiger partial charge in [-0.25, -0.2) is 0 Å². The molecule has 4 N–H and O–H groups in total. The van der Waals surface area contributed by atoms with Gasteiger partial charge in [0.05, 0.1) is 38.8 Å². The molecule has 0 heterocycles. The molecule has 13 nitrogen and oxygen atoms in total. The van der Waals surface area contributed by atoms with Crippen molar-refractivity contribution in [2.45, 2.75) is 18.9 Å². The summed E-state index contributed by atoms with van der Waals surface area (Å²) in [4.78, 5) is 33.0. The van der Waals surface area contributed by atoms with E-state index in [1.165, 1.54) is 0 Å². The molecule has 0 aliphatic heterocycles. The van der Waals surface area contributed by atoms with Crippen molar-refractivity contribution in [2.24, 2.45) is 5.18 Å². The molecule has 0 radical (unpaired) electrons. The van der Waals surface area contributed by atoms with E-state index in [9.17, 15) is 22.9 Å². The van der Waals surface area contributed by atoms with Gasteiger partial charge < -0.3 is 30.2 Å². The lowest BCUT2D eigenvalue weighted by Crippen LogP contribution is -2.35. The molecular weight excluding hydrogens is 424 g/mol. The van der Waals surface area contributed by atoms with Gasteiger partial charge in [-0.3, -0.25) is 14.1 Å². The van der Waals surface area contributed by atoms with E-state index < -0.39 is 21.9 Å². The minimum absolute atomic E-state index is 0.0780. The minimum Gasteiger partial charge on any atom is -0.378 e. The first-order valence-corrected chi connectivity index (χ1v) is 11.1. The van der Waals surface area contributed by atoms with Crippen molar-refractivity contribution in [2.75, 3.05) is 72.1 Å². The summed E-state index contributed by atoms with van der Waals surface area (Å²) in [6.45, 7) is 1.77. The summed E-state index contributed by atoms with van der Waals surface area (Å²) in [5, 5.41) is 10.6. The van der Waals surface area contributed by atoms with Crippen LogP contribution in [0.5, 0.6) is 0 Å². The maximum absolute atomic E-state index is 11.7. The topological polar surface area (TPSA) is 182 Å². The molecule has 0 saturated carbocycles. The van der Waals surface area contributed by atoms with Gasteiger partial charge in [-0.05, 0) is 13.5 Å². The van der Waals surface area contributed by atoms with Crippen LogP contribution in [0.1, 0.15) is 12.8 Å². The maximum Gasteiger partial charge on any atom is 0.266 e. The van der Waals surface area contributed by atoms with E-state index in [-0.39, 0.29) is 77.4 Å². The minimum atomic E-state index is -4.10. The van der Waals surface area contributed by atoms with E-state index in [0.717, 1.165) is 0 Å². The Morgan fingerprint density at radius 2 is 1.57 bits per heavy atom. The molecule has 0 aliphatic rings. The maximum atomic E-state index is 11.7. The predicted octanol–water partition coefficient (Wildman–Crippen LogP) is -1.71. The number of carbonyl (C=O) groups excluding carboxylic acids is 2. The van der Waals surface area contributed by atoms with Crippen LogP contribution in [0.2, 0.25) is 0 Å². The molecule has 0 aliphatic carbocycles. The summed E-state index contributed by atoms with van der Waals surface area (Å²) in [6.07, 6.45) is 0.374. The first-order chi connectivity index (χ1) is 14.3. The molecule has 176 valence electrons. The first-order valence-electron chi connectivity index (χ1n) is 9.46. The van der Waals surface area contributed by atoms with Crippen LogP contribution in [0.4, 0.5) is 0 Å². The Balaban J connectivity index is 3.52. The van der Waals surface area contributed by atoms with Gasteiger partial charge in [-0.1, -0.05) is 5.18 Å². The van der Waals surface area contributed by atoms with E-state index >= 15 is 0 Å². The quantitative estimate of drug-likeness (QED) is 0.0935. The number of ether oxygens (including phenoxy) is 3. The molecule has 0 bridgehead atoms. The molecule has 0 rings (SSSR count). The van der Waals surface area contributed by atoms with Crippen LogP contribution in [0.15, 0.2) is 5.18 Å². The summed E-state index contributed by atoms with van der Waals surface area (Å²) in [5.41, 5.74) is 0. The van der Waals surface area contributed by atoms with Gasteiger partial charge in [0.25, 0.3) is 10.1 Å². The molecule has 1 unspecified atom stereocenters. The molecule has 0 spiro atoms. The highest BCUT2D eigenvalue weighted by atomic mass is 32.2. The van der Waals surface area contributed by atoms with Crippen molar-refractivity contribution >= 4 is 21.9 Å². The van der Waals surface area contributed by atoms with Crippen molar-refractivity contribution in [3.8, 4) is 0 Å². The smallest absolute Gasteiger partial charge is 0.266 e. The van der Waals surface area contributed by atoms with E-state index in [1.807, 2.05) is 0 Å². The SMILES string of the molecule is CNC(CCC(=O)NCCOCCOCC(=O)NCCOCCN=O)CS(=O)(=O)O. The Morgan fingerprint density at radius 1 is 0.967 bits per heavy atom. The average Bonchev–Trinajstić information content (AvgIpc) is 2.68. The van der Waals surface area contributed by atoms with Gasteiger partial charge >= 0.3 is 0 Å². The Kier molecular flexibility index (Phi) is 17.1. The number of rotatable bonds is 20. The summed E-state index contributed by atoms with van der Waals surface area (Å²) in [7, 11) is -2.55. The van der Waals surface area contributed by atoms with Crippen molar-refractivity contribution < 1.29 is 36.8 Å². The molecule has 0 aromatic rings. The highest BCUT2D eigenvalue weighted by Crippen LogP contribution is 2.00. The van der Waals surface area contributed by atoms with Crippen molar-refractivity contribution in [1.82, 2.24) is 16.0 Å². The van der Waals surface area contributed by atoms with Gasteiger partial charge in [-0.15, -0.1) is 0 Å². The van der Waals surface area contributed by atoms with Crippen LogP contribution in [-0.2, 0) is 33.9 Å². The van der Waals surface area contributed by atoms with E-state index in [0.29, 0.717) is 6.54 Å². The number of nitrogens with zero attached hydrogens (tertiary/aromatic N) is 1. The average molecular weight is 457 g/mol. The molecule has 30 heavy (non-hydrogen) atoms. The van der Waals surface area contributed by atoms with Gasteiger partial charge in [0, 0.05) is 25.6 Å². The summed E-state index contributed by atoms with van der Waals surface area (Å²) >= 11 is 0. The van der Waals surface area contributed by atoms with Crippen LogP contribution in [0.3, 0.4) is 0 Å². The van der Waals surface area contributed by atoms with Crippen LogP contribution in [0, 0.1) is 4.91 Å². The van der Waals surface area contributed by atoms with E-state index in [1.54, 1.807) is 7.05 Å². The second kappa shape index (κ2) is 18.1. The standard InChI is InChI=1S/C16H32N4O9S/c1-17-14(13-30(24,25)26)2-3-15(21)18-4-8-28-10-11-29-12-16(22)19-5-7-27-9-6-20-23/h14,17H,2-13H2,1H3,(H,18,21)(H,19,22)(H,24,25,26). The number of carbonyl (C=O) groups is 2. The van der Waals surface area contributed by atoms with Crippen LogP contribution < -0.4 is 16.0 Å². The third-order valence-corrected chi connectivity index (χ3v) is 4.43. The molecule has 1 atom stereocenters. The second-order valence-electron chi connectivity index (χ2n) is 6.10. The molecule has 0 aromatic heterocycles. The Morgan fingerprint density at radius 3 is 2.17 bits per heavy atom. The fourth-order valence-corrected chi connectivity index (χ4v) is 2.97.